The van der Waals surface area contributed by atoms with Gasteiger partial charge >= 0.3 is 0 Å². The number of sulfonamides is 1. The molecule has 3 aromatic rings. The molecule has 3 N–H and O–H groups in total. The van der Waals surface area contributed by atoms with Gasteiger partial charge in [0.05, 0.1) is 30.8 Å². The fraction of sp³-hybridized carbons (Fsp3) is 0.435. The first-order chi connectivity index (χ1) is 17.5. The van der Waals surface area contributed by atoms with Crippen LogP contribution in [-0.4, -0.2) is 81.6 Å². The van der Waals surface area contributed by atoms with E-state index in [2.05, 4.69) is 35.1 Å². The second kappa shape index (κ2) is 10.5. The topological polar surface area (TPSA) is 152 Å². The lowest BCUT2D eigenvalue weighted by atomic mass is 10.0. The van der Waals surface area contributed by atoms with E-state index in [-0.39, 0.29) is 23.9 Å². The fourth-order valence-corrected chi connectivity index (χ4v) is 5.29. The molecule has 0 aromatic carbocycles. The van der Waals surface area contributed by atoms with Gasteiger partial charge in [0.25, 0.3) is 0 Å². The maximum absolute atomic E-state index is 14.3. The zero-order valence-electron chi connectivity index (χ0n) is 21.3. The number of pyridine rings is 2. The first kappa shape index (κ1) is 26.6. The average Bonchev–Trinajstić information content (AvgIpc) is 2.83. The van der Waals surface area contributed by atoms with E-state index in [4.69, 9.17) is 10.5 Å². The number of hydrogen-bond donors (Lipinski definition) is 2. The summed E-state index contributed by atoms with van der Waals surface area (Å²) < 4.78 is 44.7. The van der Waals surface area contributed by atoms with Crippen LogP contribution in [0.2, 0.25) is 0 Å². The molecule has 0 saturated carbocycles. The normalized spacial score (nSPS) is 17.9. The minimum Gasteiger partial charge on any atom is -0.479 e. The quantitative estimate of drug-likeness (QED) is 0.461. The van der Waals surface area contributed by atoms with Crippen molar-refractivity contribution in [2.45, 2.75) is 32.9 Å². The van der Waals surface area contributed by atoms with Crippen LogP contribution in [-0.2, 0) is 10.0 Å². The van der Waals surface area contributed by atoms with Gasteiger partial charge in [-0.1, -0.05) is 0 Å². The highest BCUT2D eigenvalue weighted by molar-refractivity contribution is 7.88. The zero-order chi connectivity index (χ0) is 26.9. The molecule has 12 nitrogen and oxygen atoms in total. The minimum atomic E-state index is -3.25. The van der Waals surface area contributed by atoms with E-state index in [1.807, 2.05) is 19.9 Å². The van der Waals surface area contributed by atoms with E-state index in [0.717, 1.165) is 5.56 Å². The summed E-state index contributed by atoms with van der Waals surface area (Å²) in [4.78, 5) is 23.6. The SMILES string of the molecule is COc1ncc(Nc2ncc(C(C)N3CCN(S(C)(=O)=O)CC3C)cc2-c2nc(C)nc(N)n2)cc1F. The molecule has 198 valence electrons. The predicted molar refractivity (Wildman–Crippen MR) is 137 cm³/mol. The standard InChI is InChI=1S/C23H30FN9O3S/c1-13-12-32(37(5,34)35)6-7-33(13)14(2)16-8-18(21-28-15(3)29-23(25)31-21)20(26-10-16)30-17-9-19(24)22(36-4)27-11-17/h8-11,13-14H,6-7,12H2,1-5H3,(H,26,30)(H2,25,28,29,31). The van der Waals surface area contributed by atoms with Crippen molar-refractivity contribution in [3.63, 3.8) is 0 Å². The minimum absolute atomic E-state index is 0.0110. The van der Waals surface area contributed by atoms with Crippen molar-refractivity contribution < 1.29 is 17.5 Å². The molecule has 0 spiro atoms. The molecule has 0 bridgehead atoms. The molecule has 3 aromatic heterocycles. The third-order valence-electron chi connectivity index (χ3n) is 6.27. The molecule has 14 heteroatoms. The van der Waals surface area contributed by atoms with E-state index >= 15 is 0 Å². The number of nitrogen functional groups attached to an aromatic ring is 1. The Hall–Kier alpha value is -3.49. The Balaban J connectivity index is 1.70. The number of aromatic nitrogens is 5. The van der Waals surface area contributed by atoms with E-state index in [1.165, 1.54) is 29.9 Å². The van der Waals surface area contributed by atoms with Crippen LogP contribution in [0, 0.1) is 12.7 Å². The maximum atomic E-state index is 14.3. The summed E-state index contributed by atoms with van der Waals surface area (Å²) in [5.41, 5.74) is 7.67. The predicted octanol–water partition coefficient (Wildman–Crippen LogP) is 2.14. The van der Waals surface area contributed by atoms with Crippen LogP contribution in [0.3, 0.4) is 0 Å². The van der Waals surface area contributed by atoms with Crippen LogP contribution in [0.25, 0.3) is 11.4 Å². The summed E-state index contributed by atoms with van der Waals surface area (Å²) in [6, 6.07) is 3.06. The first-order valence-electron chi connectivity index (χ1n) is 11.6. The van der Waals surface area contributed by atoms with Gasteiger partial charge in [-0.05, 0) is 32.4 Å². The number of ether oxygens (including phenoxy) is 1. The fourth-order valence-electron chi connectivity index (χ4n) is 4.39. The number of methoxy groups -OCH3 is 1. The lowest BCUT2D eigenvalue weighted by Gasteiger charge is -2.42. The molecule has 2 unspecified atom stereocenters. The smallest absolute Gasteiger partial charge is 0.250 e. The molecule has 1 aliphatic heterocycles. The van der Waals surface area contributed by atoms with Crippen LogP contribution in [0.1, 0.15) is 31.3 Å². The van der Waals surface area contributed by atoms with E-state index in [1.54, 1.807) is 13.1 Å². The highest BCUT2D eigenvalue weighted by Crippen LogP contribution is 2.33. The molecule has 0 aliphatic carbocycles. The van der Waals surface area contributed by atoms with E-state index in [9.17, 15) is 12.8 Å². The maximum Gasteiger partial charge on any atom is 0.250 e. The van der Waals surface area contributed by atoms with Gasteiger partial charge < -0.3 is 15.8 Å². The number of nitrogens with two attached hydrogens (primary N) is 1. The Labute approximate surface area is 215 Å². The Morgan fingerprint density at radius 1 is 1.19 bits per heavy atom. The largest absolute Gasteiger partial charge is 0.479 e. The van der Waals surface area contributed by atoms with Crippen molar-refractivity contribution in [3.05, 3.63) is 41.7 Å². The van der Waals surface area contributed by atoms with Crippen molar-refractivity contribution in [3.8, 4) is 17.3 Å². The number of aryl methyl sites for hydroxylation is 1. The molecule has 37 heavy (non-hydrogen) atoms. The molecular weight excluding hydrogens is 501 g/mol. The van der Waals surface area contributed by atoms with Crippen LogP contribution < -0.4 is 15.8 Å². The van der Waals surface area contributed by atoms with Crippen molar-refractivity contribution in [2.24, 2.45) is 0 Å². The van der Waals surface area contributed by atoms with E-state index in [0.29, 0.717) is 48.4 Å². The third-order valence-corrected chi connectivity index (χ3v) is 7.54. The van der Waals surface area contributed by atoms with Gasteiger partial charge in [-0.2, -0.15) is 14.3 Å². The highest BCUT2D eigenvalue weighted by atomic mass is 32.2. The van der Waals surface area contributed by atoms with Crippen molar-refractivity contribution >= 4 is 27.5 Å². The first-order valence-corrected chi connectivity index (χ1v) is 13.5. The van der Waals surface area contributed by atoms with Crippen LogP contribution in [0.4, 0.5) is 21.8 Å². The number of anilines is 3. The van der Waals surface area contributed by atoms with Gasteiger partial charge in [-0.25, -0.2) is 27.8 Å². The summed E-state index contributed by atoms with van der Waals surface area (Å²) in [6.45, 7) is 7.13. The summed E-state index contributed by atoms with van der Waals surface area (Å²) in [7, 11) is -1.91. The molecule has 0 amide bonds. The molecule has 1 aliphatic rings. The van der Waals surface area contributed by atoms with Crippen LogP contribution in [0.15, 0.2) is 24.5 Å². The van der Waals surface area contributed by atoms with Gasteiger partial charge in [0.15, 0.2) is 11.6 Å². The van der Waals surface area contributed by atoms with Crippen molar-refractivity contribution in [1.82, 2.24) is 34.1 Å². The lowest BCUT2D eigenvalue weighted by Crippen LogP contribution is -2.53. The van der Waals surface area contributed by atoms with E-state index < -0.39 is 15.8 Å². The van der Waals surface area contributed by atoms with Gasteiger partial charge in [0, 0.05) is 44.0 Å². The second-order valence-corrected chi connectivity index (χ2v) is 10.9. The number of piperazine rings is 1. The molecule has 4 heterocycles. The zero-order valence-corrected chi connectivity index (χ0v) is 22.1. The van der Waals surface area contributed by atoms with Gasteiger partial charge in [-0.15, -0.1) is 0 Å². The summed E-state index contributed by atoms with van der Waals surface area (Å²) in [5, 5.41) is 3.08. The van der Waals surface area contributed by atoms with Gasteiger partial charge in [0.1, 0.15) is 11.6 Å². The Morgan fingerprint density at radius 2 is 1.95 bits per heavy atom. The number of nitrogens with zero attached hydrogens (tertiary/aromatic N) is 7. The Morgan fingerprint density at radius 3 is 2.57 bits per heavy atom. The lowest BCUT2D eigenvalue weighted by molar-refractivity contribution is 0.0906. The third kappa shape index (κ3) is 5.92. The molecular formula is C23H30FN9O3S. The van der Waals surface area contributed by atoms with Crippen LogP contribution >= 0.6 is 0 Å². The Bertz CT molecular complexity index is 1390. The van der Waals surface area contributed by atoms with Gasteiger partial charge in [-0.3, -0.25) is 4.90 Å². The summed E-state index contributed by atoms with van der Waals surface area (Å²) >= 11 is 0. The van der Waals surface area contributed by atoms with Crippen molar-refractivity contribution in [1.29, 1.82) is 0 Å². The van der Waals surface area contributed by atoms with Crippen LogP contribution in [0.5, 0.6) is 5.88 Å². The number of rotatable bonds is 7. The molecule has 4 rings (SSSR count). The van der Waals surface area contributed by atoms with Gasteiger partial charge in [0.2, 0.25) is 21.9 Å². The van der Waals surface area contributed by atoms with Crippen molar-refractivity contribution in [2.75, 3.05) is 44.1 Å². The summed E-state index contributed by atoms with van der Waals surface area (Å²) in [5.74, 6) is 0.452. The Kier molecular flexibility index (Phi) is 7.52. The molecule has 1 fully saturated rings. The number of halogens is 1. The molecule has 1 saturated heterocycles. The highest BCUT2D eigenvalue weighted by Gasteiger charge is 2.32. The second-order valence-electron chi connectivity index (χ2n) is 8.95. The average molecular weight is 532 g/mol. The number of nitrogens with one attached hydrogen (secondary N) is 1. The number of hydrogen-bond acceptors (Lipinski definition) is 11. The monoisotopic (exact) mass is 531 g/mol. The molecule has 2 atom stereocenters. The summed E-state index contributed by atoms with van der Waals surface area (Å²) in [6.07, 6.45) is 4.38. The molecule has 0 radical (unpaired) electrons.